The van der Waals surface area contributed by atoms with Crippen LogP contribution in [0.3, 0.4) is 0 Å². The Kier molecular flexibility index (Phi) is 7.60. The molecule has 0 amide bonds. The van der Waals surface area contributed by atoms with Gasteiger partial charge in [0.1, 0.15) is 24.1 Å². The Morgan fingerprint density at radius 1 is 1.02 bits per heavy atom. The summed E-state index contributed by atoms with van der Waals surface area (Å²) >= 11 is 0. The zero-order valence-electron chi connectivity index (χ0n) is 25.6. The van der Waals surface area contributed by atoms with Crippen molar-refractivity contribution in [2.45, 2.75) is 50.9 Å². The molecule has 4 aromatic heterocycles. The number of nitrogens with zero attached hydrogens (tertiary/aromatic N) is 7. The number of hydrogen-bond acceptors (Lipinski definition) is 8. The third-order valence-corrected chi connectivity index (χ3v) is 8.68. The molecule has 8 rings (SSSR count). The second-order valence-corrected chi connectivity index (χ2v) is 12.1. The van der Waals surface area contributed by atoms with Crippen LogP contribution in [0.1, 0.15) is 58.2 Å². The minimum absolute atomic E-state index is 0.00513. The Balaban J connectivity index is 0.989. The zero-order chi connectivity index (χ0) is 32.8. The Morgan fingerprint density at radius 2 is 1.90 bits per heavy atom. The maximum absolute atomic E-state index is 15.6. The molecular formula is C35H29F2N7O4. The number of imidazole rings is 1. The second kappa shape index (κ2) is 12.2. The molecule has 11 nitrogen and oxygen atoms in total. The van der Waals surface area contributed by atoms with E-state index in [1.54, 1.807) is 41.2 Å². The van der Waals surface area contributed by atoms with Crippen LogP contribution in [0, 0.1) is 11.6 Å². The number of benzene rings is 2. The van der Waals surface area contributed by atoms with Crippen molar-refractivity contribution in [3.63, 3.8) is 0 Å². The lowest BCUT2D eigenvalue weighted by molar-refractivity contribution is -0.0589. The van der Waals surface area contributed by atoms with Gasteiger partial charge in [-0.1, -0.05) is 17.3 Å². The molecule has 2 aromatic carbocycles. The summed E-state index contributed by atoms with van der Waals surface area (Å²) in [5.41, 5.74) is 3.38. The van der Waals surface area contributed by atoms with Crippen molar-refractivity contribution in [2.75, 3.05) is 6.61 Å². The van der Waals surface area contributed by atoms with Gasteiger partial charge in [-0.05, 0) is 67.3 Å². The third-order valence-electron chi connectivity index (χ3n) is 8.68. The quantitative estimate of drug-likeness (QED) is 0.183. The van der Waals surface area contributed by atoms with Crippen molar-refractivity contribution in [1.82, 2.24) is 34.5 Å². The maximum atomic E-state index is 15.6. The van der Waals surface area contributed by atoms with Crippen molar-refractivity contribution in [3.05, 3.63) is 113 Å². The molecule has 1 aliphatic carbocycles. The predicted octanol–water partition coefficient (Wildman–Crippen LogP) is 5.89. The number of carbonyl (C=O) groups is 1. The van der Waals surface area contributed by atoms with Gasteiger partial charge in [0.05, 0.1) is 46.8 Å². The maximum Gasteiger partial charge on any atom is 0.335 e. The van der Waals surface area contributed by atoms with Crippen LogP contribution in [-0.4, -0.2) is 58.3 Å². The van der Waals surface area contributed by atoms with E-state index in [4.69, 9.17) is 9.47 Å². The molecule has 0 spiro atoms. The molecular weight excluding hydrogens is 620 g/mol. The molecule has 1 saturated carbocycles. The normalized spacial score (nSPS) is 15.8. The highest BCUT2D eigenvalue weighted by molar-refractivity contribution is 5.92. The first-order chi connectivity index (χ1) is 23.4. The summed E-state index contributed by atoms with van der Waals surface area (Å²) < 4.78 is 46.1. The smallest absolute Gasteiger partial charge is 0.335 e. The molecule has 6 aromatic rings. The van der Waals surface area contributed by atoms with Crippen molar-refractivity contribution in [1.29, 1.82) is 0 Å². The number of carboxylic acids is 1. The van der Waals surface area contributed by atoms with Crippen molar-refractivity contribution < 1.29 is 28.2 Å². The van der Waals surface area contributed by atoms with E-state index in [1.165, 1.54) is 6.07 Å². The molecule has 13 heteroatoms. The molecule has 0 bridgehead atoms. The van der Waals surface area contributed by atoms with Crippen molar-refractivity contribution >= 4 is 17.0 Å². The summed E-state index contributed by atoms with van der Waals surface area (Å²) in [5.74, 6) is -0.443. The predicted molar refractivity (Wildman–Crippen MR) is 169 cm³/mol. The number of halogens is 2. The lowest BCUT2D eigenvalue weighted by atomic mass is 10.0. The van der Waals surface area contributed by atoms with Gasteiger partial charge in [0.2, 0.25) is 5.88 Å². The number of aromatic carboxylic acids is 1. The number of carboxylic acid groups (broad SMARTS) is 1. The molecule has 1 unspecified atom stereocenters. The van der Waals surface area contributed by atoms with E-state index in [0.29, 0.717) is 41.7 Å². The van der Waals surface area contributed by atoms with Crippen LogP contribution in [0.5, 0.6) is 5.88 Å². The summed E-state index contributed by atoms with van der Waals surface area (Å²) in [6, 6.07) is 15.5. The Bertz CT molecular complexity index is 2160. The Labute approximate surface area is 272 Å². The fourth-order valence-electron chi connectivity index (χ4n) is 5.76. The molecule has 1 N–H and O–H groups in total. The van der Waals surface area contributed by atoms with Crippen molar-refractivity contribution in [2.24, 2.45) is 0 Å². The lowest BCUT2D eigenvalue weighted by Crippen LogP contribution is -2.31. The van der Waals surface area contributed by atoms with Crippen LogP contribution in [0.4, 0.5) is 8.78 Å². The third kappa shape index (κ3) is 5.99. The first-order valence-electron chi connectivity index (χ1n) is 15.7. The largest absolute Gasteiger partial charge is 0.478 e. The summed E-state index contributed by atoms with van der Waals surface area (Å²) in [4.78, 5) is 25.1. The fraction of sp³-hybridized carbons (Fsp3) is 0.257. The number of aromatic nitrogens is 7. The van der Waals surface area contributed by atoms with Crippen LogP contribution in [0.15, 0.2) is 73.1 Å². The number of hydrogen-bond donors (Lipinski definition) is 1. The average molecular weight is 650 g/mol. The second-order valence-electron chi connectivity index (χ2n) is 12.1. The van der Waals surface area contributed by atoms with Gasteiger partial charge in [0.25, 0.3) is 0 Å². The van der Waals surface area contributed by atoms with Crippen LogP contribution in [0.25, 0.3) is 28.1 Å². The molecule has 242 valence electrons. The van der Waals surface area contributed by atoms with Crippen LogP contribution in [-0.2, 0) is 24.3 Å². The van der Waals surface area contributed by atoms with Gasteiger partial charge >= 0.3 is 5.97 Å². The number of ether oxygens (including phenoxy) is 2. The van der Waals surface area contributed by atoms with E-state index in [9.17, 15) is 9.90 Å². The van der Waals surface area contributed by atoms with Gasteiger partial charge < -0.3 is 19.1 Å². The zero-order valence-corrected chi connectivity index (χ0v) is 25.6. The highest BCUT2D eigenvalue weighted by Crippen LogP contribution is 2.38. The van der Waals surface area contributed by atoms with E-state index in [-0.39, 0.29) is 47.4 Å². The van der Waals surface area contributed by atoms with Gasteiger partial charge in [0, 0.05) is 42.3 Å². The van der Waals surface area contributed by atoms with Crippen LogP contribution >= 0.6 is 0 Å². The van der Waals surface area contributed by atoms with Gasteiger partial charge in [-0.3, -0.25) is 0 Å². The average Bonchev–Trinajstić information content (AvgIpc) is 3.70. The van der Waals surface area contributed by atoms with E-state index in [2.05, 4.69) is 25.3 Å². The standard InChI is InChI=1S/C35H29F2N7O4/c36-26-15-25(27(37)12-23(26)14-33-39-29-8-7-22(35(45)46)13-31(29)43(33)17-24-10-11-47-24)28-2-1-3-34(40-28)48-19-20-4-9-32(38-16-20)44-18-30(41-42-44)21-5-6-21/h1-4,7-9,12-13,15-16,18,21,24H,5-6,10-11,14,17,19H2,(H,45,46). The SMILES string of the molecule is O=C(O)c1ccc2nc(Cc3cc(F)c(-c4cccc(OCc5ccc(-n6cc(C7CC7)nn6)nc5)n4)cc3F)n(CC3CCO3)c2c1. The van der Waals surface area contributed by atoms with Gasteiger partial charge in [-0.15, -0.1) is 5.10 Å². The summed E-state index contributed by atoms with van der Waals surface area (Å²) in [6.07, 6.45) is 6.66. The molecule has 2 aliphatic rings. The van der Waals surface area contributed by atoms with E-state index < -0.39 is 17.6 Å². The molecule has 1 atom stereocenters. The Hall–Kier alpha value is -5.56. The summed E-state index contributed by atoms with van der Waals surface area (Å²) in [6.45, 7) is 1.24. The van der Waals surface area contributed by atoms with Gasteiger partial charge in [-0.25, -0.2) is 33.2 Å². The number of pyridine rings is 2. The molecule has 5 heterocycles. The monoisotopic (exact) mass is 649 g/mol. The highest BCUT2D eigenvalue weighted by atomic mass is 19.1. The van der Waals surface area contributed by atoms with Crippen LogP contribution < -0.4 is 4.74 Å². The molecule has 2 fully saturated rings. The fourth-order valence-corrected chi connectivity index (χ4v) is 5.76. The number of fused-ring (bicyclic) bond motifs is 1. The molecule has 0 radical (unpaired) electrons. The minimum atomic E-state index is -1.06. The van der Waals surface area contributed by atoms with E-state index in [0.717, 1.165) is 42.7 Å². The van der Waals surface area contributed by atoms with Crippen molar-refractivity contribution in [3.8, 4) is 23.0 Å². The Morgan fingerprint density at radius 3 is 2.65 bits per heavy atom. The van der Waals surface area contributed by atoms with E-state index in [1.807, 2.05) is 22.9 Å². The molecule has 48 heavy (non-hydrogen) atoms. The van der Waals surface area contributed by atoms with Gasteiger partial charge in [-0.2, -0.15) is 0 Å². The topological polar surface area (TPSA) is 130 Å². The molecule has 1 saturated heterocycles. The molecule has 1 aliphatic heterocycles. The highest BCUT2D eigenvalue weighted by Gasteiger charge is 2.27. The first-order valence-corrected chi connectivity index (χ1v) is 15.7. The summed E-state index contributed by atoms with van der Waals surface area (Å²) in [5, 5.41) is 17.9. The van der Waals surface area contributed by atoms with Crippen LogP contribution in [0.2, 0.25) is 0 Å². The lowest BCUT2D eigenvalue weighted by Gasteiger charge is -2.27. The minimum Gasteiger partial charge on any atom is -0.478 e. The van der Waals surface area contributed by atoms with E-state index >= 15 is 8.78 Å². The number of rotatable bonds is 11. The summed E-state index contributed by atoms with van der Waals surface area (Å²) in [7, 11) is 0. The van der Waals surface area contributed by atoms with Gasteiger partial charge in [0.15, 0.2) is 5.82 Å². The first kappa shape index (κ1) is 29.8.